The molecule has 0 saturated heterocycles. The fourth-order valence-corrected chi connectivity index (χ4v) is 3.00. The molecule has 0 aliphatic heterocycles. The van der Waals surface area contributed by atoms with Gasteiger partial charge < -0.3 is 10.4 Å². The van der Waals surface area contributed by atoms with Crippen LogP contribution in [0.5, 0.6) is 5.75 Å². The van der Waals surface area contributed by atoms with Gasteiger partial charge in [-0.1, -0.05) is 31.2 Å². The molecule has 0 aliphatic carbocycles. The maximum absolute atomic E-state index is 10.0. The third-order valence-electron chi connectivity index (χ3n) is 4.31. The molecule has 25 heavy (non-hydrogen) atoms. The van der Waals surface area contributed by atoms with Gasteiger partial charge in [-0.05, 0) is 44.0 Å². The first-order valence-corrected chi connectivity index (χ1v) is 8.58. The molecule has 5 heteroatoms. The van der Waals surface area contributed by atoms with E-state index in [1.807, 2.05) is 55.1 Å². The largest absolute Gasteiger partial charge is 0.508 e. The van der Waals surface area contributed by atoms with Gasteiger partial charge in [0.2, 0.25) is 0 Å². The molecule has 2 aromatic heterocycles. The minimum absolute atomic E-state index is 0.108. The molecule has 5 nitrogen and oxygen atoms in total. The fourth-order valence-electron chi connectivity index (χ4n) is 3.00. The summed E-state index contributed by atoms with van der Waals surface area (Å²) in [6.45, 7) is 6.80. The molecule has 3 rings (SSSR count). The summed E-state index contributed by atoms with van der Waals surface area (Å²) < 4.78 is 1.85. The van der Waals surface area contributed by atoms with Crippen LogP contribution in [-0.4, -0.2) is 19.9 Å². The molecular formula is C20H24N4O. The second-order valence-electron chi connectivity index (χ2n) is 6.26. The van der Waals surface area contributed by atoms with Crippen LogP contribution in [-0.2, 0) is 6.54 Å². The summed E-state index contributed by atoms with van der Waals surface area (Å²) in [5.41, 5.74) is 4.08. The lowest BCUT2D eigenvalue weighted by molar-refractivity contribution is 0.440. The second-order valence-corrected chi connectivity index (χ2v) is 6.26. The van der Waals surface area contributed by atoms with Crippen LogP contribution in [0.4, 0.5) is 0 Å². The van der Waals surface area contributed by atoms with E-state index in [-0.39, 0.29) is 6.04 Å². The first-order valence-electron chi connectivity index (χ1n) is 8.58. The summed E-state index contributed by atoms with van der Waals surface area (Å²) in [4.78, 5) is 4.53. The van der Waals surface area contributed by atoms with Gasteiger partial charge in [0, 0.05) is 30.0 Å². The molecule has 0 bridgehead atoms. The highest BCUT2D eigenvalue weighted by atomic mass is 16.3. The van der Waals surface area contributed by atoms with Gasteiger partial charge in [-0.3, -0.25) is 0 Å². The minimum Gasteiger partial charge on any atom is -0.508 e. The van der Waals surface area contributed by atoms with Crippen LogP contribution >= 0.6 is 0 Å². The van der Waals surface area contributed by atoms with Gasteiger partial charge in [0.25, 0.3) is 0 Å². The molecule has 0 fully saturated rings. The van der Waals surface area contributed by atoms with Crippen LogP contribution < -0.4 is 5.32 Å². The maximum Gasteiger partial charge on any atom is 0.153 e. The van der Waals surface area contributed by atoms with E-state index < -0.39 is 0 Å². The topological polar surface area (TPSA) is 63.0 Å². The summed E-state index contributed by atoms with van der Waals surface area (Å²) in [5, 5.41) is 18.0. The van der Waals surface area contributed by atoms with E-state index in [0.717, 1.165) is 34.8 Å². The minimum atomic E-state index is 0.108. The molecule has 130 valence electrons. The number of phenols is 1. The molecule has 2 N–H and O–H groups in total. The Morgan fingerprint density at radius 1 is 1.16 bits per heavy atom. The van der Waals surface area contributed by atoms with Crippen molar-refractivity contribution >= 4 is 0 Å². The van der Waals surface area contributed by atoms with Crippen molar-refractivity contribution in [2.45, 2.75) is 39.8 Å². The van der Waals surface area contributed by atoms with Crippen molar-refractivity contribution in [2.24, 2.45) is 0 Å². The summed E-state index contributed by atoms with van der Waals surface area (Å²) in [7, 11) is 0. The molecule has 2 heterocycles. The average Bonchev–Trinajstić information content (AvgIpc) is 2.96. The zero-order valence-corrected chi connectivity index (χ0v) is 14.9. The Kier molecular flexibility index (Phi) is 5.14. The lowest BCUT2D eigenvalue weighted by atomic mass is 10.0. The van der Waals surface area contributed by atoms with Crippen molar-refractivity contribution in [3.63, 3.8) is 0 Å². The zero-order valence-electron chi connectivity index (χ0n) is 14.9. The molecule has 0 radical (unpaired) electrons. The number of pyridine rings is 1. The van der Waals surface area contributed by atoms with Crippen molar-refractivity contribution in [1.82, 2.24) is 20.1 Å². The first kappa shape index (κ1) is 17.2. The highest BCUT2D eigenvalue weighted by molar-refractivity contribution is 5.34. The average molecular weight is 336 g/mol. The number of benzene rings is 1. The predicted octanol–water partition coefficient (Wildman–Crippen LogP) is 3.83. The molecule has 1 aromatic carbocycles. The smallest absolute Gasteiger partial charge is 0.153 e. The Morgan fingerprint density at radius 2 is 1.96 bits per heavy atom. The number of para-hydroxylation sites is 1. The number of aromatic nitrogens is 3. The number of aromatic hydroxyl groups is 1. The van der Waals surface area contributed by atoms with Gasteiger partial charge in [0.15, 0.2) is 5.82 Å². The van der Waals surface area contributed by atoms with E-state index in [1.54, 1.807) is 6.07 Å². The monoisotopic (exact) mass is 336 g/mol. The number of hydrogen-bond donors (Lipinski definition) is 2. The Morgan fingerprint density at radius 3 is 2.56 bits per heavy atom. The molecule has 0 unspecified atom stereocenters. The fraction of sp³-hybridized carbons (Fsp3) is 0.300. The summed E-state index contributed by atoms with van der Waals surface area (Å²) >= 11 is 0. The lowest BCUT2D eigenvalue weighted by Gasteiger charge is -2.18. The van der Waals surface area contributed by atoms with Crippen LogP contribution in [0.15, 0.2) is 48.7 Å². The van der Waals surface area contributed by atoms with Crippen molar-refractivity contribution in [3.05, 3.63) is 71.2 Å². The molecule has 3 aromatic rings. The SMILES string of the molecule is CC[C@H](NCc1ccc(-n2nc(C)cc2C)nc1)c1ccccc1O. The van der Waals surface area contributed by atoms with Crippen LogP contribution in [0.25, 0.3) is 5.82 Å². The van der Waals surface area contributed by atoms with Gasteiger partial charge in [0.05, 0.1) is 5.69 Å². The van der Waals surface area contributed by atoms with Crippen molar-refractivity contribution < 1.29 is 5.11 Å². The normalized spacial score (nSPS) is 12.3. The van der Waals surface area contributed by atoms with Crippen LogP contribution in [0.3, 0.4) is 0 Å². The molecule has 0 saturated carbocycles. The number of hydrogen-bond acceptors (Lipinski definition) is 4. The van der Waals surface area contributed by atoms with Crippen molar-refractivity contribution in [2.75, 3.05) is 0 Å². The maximum atomic E-state index is 10.0. The van der Waals surface area contributed by atoms with Gasteiger partial charge in [-0.15, -0.1) is 0 Å². The van der Waals surface area contributed by atoms with Gasteiger partial charge in [0.1, 0.15) is 5.75 Å². The van der Waals surface area contributed by atoms with Gasteiger partial charge >= 0.3 is 0 Å². The number of nitrogens with zero attached hydrogens (tertiary/aromatic N) is 3. The van der Waals surface area contributed by atoms with Gasteiger partial charge in [-0.25, -0.2) is 9.67 Å². The quantitative estimate of drug-likeness (QED) is 0.718. The summed E-state index contributed by atoms with van der Waals surface area (Å²) in [5.74, 6) is 1.15. The molecular weight excluding hydrogens is 312 g/mol. The highest BCUT2D eigenvalue weighted by Crippen LogP contribution is 2.26. The summed E-state index contributed by atoms with van der Waals surface area (Å²) in [6.07, 6.45) is 2.77. The number of nitrogens with one attached hydrogen (secondary N) is 1. The Labute approximate surface area is 148 Å². The van der Waals surface area contributed by atoms with Gasteiger partial charge in [-0.2, -0.15) is 5.10 Å². The van der Waals surface area contributed by atoms with Crippen molar-refractivity contribution in [3.8, 4) is 11.6 Å². The second kappa shape index (κ2) is 7.49. The first-order chi connectivity index (χ1) is 12.1. The van der Waals surface area contributed by atoms with E-state index >= 15 is 0 Å². The zero-order chi connectivity index (χ0) is 17.8. The third kappa shape index (κ3) is 3.88. The standard InChI is InChI=1S/C20H24N4O/c1-4-18(17-7-5-6-8-19(17)25)21-12-16-9-10-20(22-13-16)24-15(3)11-14(2)23-24/h5-11,13,18,21,25H,4,12H2,1-3H3/t18-/m0/s1. The Hall–Kier alpha value is -2.66. The van der Waals surface area contributed by atoms with E-state index in [9.17, 15) is 5.11 Å². The Bertz CT molecular complexity index is 839. The lowest BCUT2D eigenvalue weighted by Crippen LogP contribution is -2.20. The molecule has 0 spiro atoms. The highest BCUT2D eigenvalue weighted by Gasteiger charge is 2.12. The molecule has 1 atom stereocenters. The van der Waals surface area contributed by atoms with Crippen molar-refractivity contribution in [1.29, 1.82) is 0 Å². The third-order valence-corrected chi connectivity index (χ3v) is 4.31. The van der Waals surface area contributed by atoms with Crippen LogP contribution in [0.1, 0.15) is 41.9 Å². The van der Waals surface area contributed by atoms with E-state index in [0.29, 0.717) is 12.3 Å². The molecule has 0 aliphatic rings. The van der Waals surface area contributed by atoms with Crippen LogP contribution in [0.2, 0.25) is 0 Å². The number of phenolic OH excluding ortho intramolecular Hbond substituents is 1. The Balaban J connectivity index is 1.69. The van der Waals surface area contributed by atoms with Crippen LogP contribution in [0, 0.1) is 13.8 Å². The molecule has 0 amide bonds. The van der Waals surface area contributed by atoms with E-state index in [1.165, 1.54) is 0 Å². The number of rotatable bonds is 6. The predicted molar refractivity (Wildman–Crippen MR) is 98.8 cm³/mol. The number of aryl methyl sites for hydroxylation is 2. The van der Waals surface area contributed by atoms with E-state index in [2.05, 4.69) is 28.4 Å². The summed E-state index contributed by atoms with van der Waals surface area (Å²) in [6, 6.07) is 13.7. The van der Waals surface area contributed by atoms with E-state index in [4.69, 9.17) is 0 Å².